The second-order valence-corrected chi connectivity index (χ2v) is 15.8. The van der Waals surface area contributed by atoms with Crippen LogP contribution in [0.3, 0.4) is 0 Å². The summed E-state index contributed by atoms with van der Waals surface area (Å²) in [4.78, 5) is 25.4. The molecule has 4 rings (SSSR count). The van der Waals surface area contributed by atoms with Gasteiger partial charge in [-0.25, -0.2) is 17.9 Å². The van der Waals surface area contributed by atoms with Crippen molar-refractivity contribution in [2.75, 3.05) is 19.4 Å². The number of sulfonamides is 1. The minimum Gasteiger partial charge on any atom is -0.482 e. The van der Waals surface area contributed by atoms with Crippen LogP contribution in [0, 0.1) is 28.1 Å². The van der Waals surface area contributed by atoms with Crippen molar-refractivity contribution in [3.8, 4) is 5.75 Å². The number of Topliss-reactive ketones (excluding diaryl/α,β-unsaturated/α-hetero) is 1. The van der Waals surface area contributed by atoms with Gasteiger partial charge in [0.25, 0.3) is 0 Å². The molecule has 0 spiro atoms. The SMILES string of the molecule is C=C[C@]1(C)C[C@@H](OC(=O)COc2ccc3c(c2)B(O)OC3CNS(C)(=O)=O)[C@@]2(C)C[C@](CCC(C)=O)(CC[C@H]2C)[C@@H](C)[C@@H]1O. The standard InChI is InChI=1S/C32H48BNO9S/c1-8-30(5)16-27(31(6)19-32(13-11-20(31)2,14-12-21(3)35)22(4)29(30)37)42-28(36)18-41-23-9-10-24-25(15-23)33(38)43-26(24)17-34-44(7,39)40/h8-10,15,20,22,26-27,29,34,37-38H,1,11-14,16-19H2,2-7H3/t20-,22+,26?,27-,29+,30-,31+,32-/m1/s1. The molecule has 12 heteroatoms. The molecule has 244 valence electrons. The number of aliphatic hydroxyl groups excluding tert-OH is 1. The van der Waals surface area contributed by atoms with Gasteiger partial charge in [0, 0.05) is 23.8 Å². The number of carbonyl (C=O) groups is 2. The number of nitrogens with one attached hydrogen (secondary N) is 1. The zero-order valence-corrected chi connectivity index (χ0v) is 27.6. The van der Waals surface area contributed by atoms with Crippen molar-refractivity contribution >= 4 is 34.4 Å². The molecule has 2 aliphatic carbocycles. The Labute approximate surface area is 262 Å². The molecule has 44 heavy (non-hydrogen) atoms. The van der Waals surface area contributed by atoms with Crippen molar-refractivity contribution < 1.29 is 42.3 Å². The van der Waals surface area contributed by atoms with E-state index >= 15 is 0 Å². The van der Waals surface area contributed by atoms with Crippen LogP contribution in [0.15, 0.2) is 30.9 Å². The van der Waals surface area contributed by atoms with Gasteiger partial charge in [0.15, 0.2) is 6.61 Å². The average molecular weight is 634 g/mol. The van der Waals surface area contributed by atoms with Gasteiger partial charge in [-0.05, 0) is 79.4 Å². The van der Waals surface area contributed by atoms with Gasteiger partial charge in [0.1, 0.15) is 17.6 Å². The summed E-state index contributed by atoms with van der Waals surface area (Å²) in [6.45, 7) is 13.7. The van der Waals surface area contributed by atoms with E-state index in [0.29, 0.717) is 36.0 Å². The monoisotopic (exact) mass is 633 g/mol. The fourth-order valence-electron chi connectivity index (χ4n) is 7.75. The molecule has 1 aliphatic heterocycles. The third kappa shape index (κ3) is 7.09. The van der Waals surface area contributed by atoms with Crippen LogP contribution in [0.5, 0.6) is 5.75 Å². The number of aliphatic hydroxyl groups is 1. The Morgan fingerprint density at radius 1 is 1.27 bits per heavy atom. The molecule has 0 aromatic heterocycles. The Kier molecular flexibility index (Phi) is 10.1. The third-order valence-electron chi connectivity index (χ3n) is 11.0. The van der Waals surface area contributed by atoms with Crippen LogP contribution in [0.2, 0.25) is 0 Å². The fraction of sp³-hybridized carbons (Fsp3) is 0.688. The second-order valence-electron chi connectivity index (χ2n) is 14.0. The van der Waals surface area contributed by atoms with E-state index in [9.17, 15) is 28.1 Å². The summed E-state index contributed by atoms with van der Waals surface area (Å²) < 4.78 is 42.9. The molecule has 1 aromatic carbocycles. The predicted molar refractivity (Wildman–Crippen MR) is 168 cm³/mol. The molecule has 8 atom stereocenters. The van der Waals surface area contributed by atoms with Crippen LogP contribution in [-0.2, 0) is 29.0 Å². The van der Waals surface area contributed by atoms with Crippen LogP contribution >= 0.6 is 0 Å². The van der Waals surface area contributed by atoms with E-state index in [-0.39, 0.29) is 36.2 Å². The van der Waals surface area contributed by atoms with E-state index in [1.165, 1.54) is 0 Å². The first kappa shape index (κ1) is 34.6. The van der Waals surface area contributed by atoms with Crippen LogP contribution in [-0.4, -0.2) is 69.0 Å². The highest BCUT2D eigenvalue weighted by Crippen LogP contribution is 2.62. The normalized spacial score (nSPS) is 35.3. The van der Waals surface area contributed by atoms with Crippen LogP contribution in [0.4, 0.5) is 0 Å². The van der Waals surface area contributed by atoms with Gasteiger partial charge in [-0.15, -0.1) is 6.58 Å². The molecule has 3 N–H and O–H groups in total. The summed E-state index contributed by atoms with van der Waals surface area (Å²) in [5.41, 5.74) is -0.328. The summed E-state index contributed by atoms with van der Waals surface area (Å²) >= 11 is 0. The summed E-state index contributed by atoms with van der Waals surface area (Å²) in [5, 5.41) is 22.1. The van der Waals surface area contributed by atoms with Crippen molar-refractivity contribution in [3.63, 3.8) is 0 Å². The maximum Gasteiger partial charge on any atom is 0.492 e. The Balaban J connectivity index is 1.52. The summed E-state index contributed by atoms with van der Waals surface area (Å²) in [5.74, 6) is 0.0784. The van der Waals surface area contributed by atoms with Gasteiger partial charge < -0.3 is 29.1 Å². The molecule has 0 amide bonds. The number of rotatable bonds is 11. The molecule has 1 unspecified atom stereocenters. The highest BCUT2D eigenvalue weighted by molar-refractivity contribution is 7.88. The molecule has 2 saturated carbocycles. The van der Waals surface area contributed by atoms with Crippen LogP contribution in [0.1, 0.15) is 84.8 Å². The first-order valence-corrected chi connectivity index (χ1v) is 17.4. The number of carbonyl (C=O) groups excluding carboxylic acids is 2. The van der Waals surface area contributed by atoms with Gasteiger partial charge in [-0.1, -0.05) is 39.8 Å². The van der Waals surface area contributed by atoms with Crippen molar-refractivity contribution in [1.82, 2.24) is 4.72 Å². The minimum atomic E-state index is -3.43. The largest absolute Gasteiger partial charge is 0.492 e. The van der Waals surface area contributed by atoms with E-state index < -0.39 is 52.3 Å². The van der Waals surface area contributed by atoms with Crippen molar-refractivity contribution in [3.05, 3.63) is 36.4 Å². The van der Waals surface area contributed by atoms with Gasteiger partial charge in [0.2, 0.25) is 10.0 Å². The quantitative estimate of drug-likeness (QED) is 0.190. The first-order valence-electron chi connectivity index (χ1n) is 15.5. The summed E-state index contributed by atoms with van der Waals surface area (Å²) in [6, 6.07) is 4.89. The zero-order valence-electron chi connectivity index (χ0n) is 26.8. The molecule has 10 nitrogen and oxygen atoms in total. The number of hydrogen-bond acceptors (Lipinski definition) is 9. The van der Waals surface area contributed by atoms with Gasteiger partial charge in [-0.3, -0.25) is 0 Å². The first-order chi connectivity index (χ1) is 20.4. The second kappa shape index (κ2) is 12.9. The molecule has 0 radical (unpaired) electrons. The van der Waals surface area contributed by atoms with Crippen LogP contribution < -0.4 is 14.9 Å². The number of ether oxygens (including phenoxy) is 2. The fourth-order valence-corrected chi connectivity index (χ4v) is 8.21. The topological polar surface area (TPSA) is 148 Å². The van der Waals surface area contributed by atoms with Gasteiger partial charge in [-0.2, -0.15) is 0 Å². The van der Waals surface area contributed by atoms with Crippen molar-refractivity contribution in [2.45, 2.75) is 91.5 Å². The Bertz CT molecular complexity index is 1370. The van der Waals surface area contributed by atoms with E-state index in [4.69, 9.17) is 14.1 Å². The van der Waals surface area contributed by atoms with Gasteiger partial charge in [0.05, 0.1) is 18.5 Å². The summed E-state index contributed by atoms with van der Waals surface area (Å²) in [6.07, 6.45) is 4.98. The molecule has 1 heterocycles. The maximum atomic E-state index is 13.3. The smallest absolute Gasteiger partial charge is 0.482 e. The van der Waals surface area contributed by atoms with E-state index in [0.717, 1.165) is 25.5 Å². The number of ketones is 1. The molecular weight excluding hydrogens is 585 g/mol. The average Bonchev–Trinajstić information content (AvgIpc) is 3.28. The Morgan fingerprint density at radius 2 is 1.98 bits per heavy atom. The lowest BCUT2D eigenvalue weighted by atomic mass is 9.47. The lowest BCUT2D eigenvalue weighted by Gasteiger charge is -2.60. The number of benzene rings is 1. The van der Waals surface area contributed by atoms with Crippen molar-refractivity contribution in [1.29, 1.82) is 0 Å². The van der Waals surface area contributed by atoms with E-state index in [1.807, 2.05) is 6.92 Å². The molecule has 3 aliphatic rings. The lowest BCUT2D eigenvalue weighted by molar-refractivity contribution is -0.190. The van der Waals surface area contributed by atoms with Gasteiger partial charge >= 0.3 is 13.1 Å². The zero-order chi connectivity index (χ0) is 32.7. The van der Waals surface area contributed by atoms with Crippen molar-refractivity contribution in [2.24, 2.45) is 28.1 Å². The molecule has 0 saturated heterocycles. The summed E-state index contributed by atoms with van der Waals surface area (Å²) in [7, 11) is -4.69. The highest BCUT2D eigenvalue weighted by Gasteiger charge is 2.58. The minimum absolute atomic E-state index is 0.0266. The molecule has 2 bridgehead atoms. The number of hydrogen-bond donors (Lipinski definition) is 3. The predicted octanol–water partition coefficient (Wildman–Crippen LogP) is 3.06. The third-order valence-corrected chi connectivity index (χ3v) is 11.7. The van der Waals surface area contributed by atoms with E-state index in [1.54, 1.807) is 31.2 Å². The molecular formula is C32H48BNO9S. The van der Waals surface area contributed by atoms with Crippen LogP contribution in [0.25, 0.3) is 0 Å². The number of esters is 1. The number of fused-ring (bicyclic) bond motifs is 3. The Morgan fingerprint density at radius 3 is 2.61 bits per heavy atom. The lowest BCUT2D eigenvalue weighted by Crippen LogP contribution is -2.58. The molecule has 2 fully saturated rings. The molecule has 1 aromatic rings. The highest BCUT2D eigenvalue weighted by atomic mass is 32.2. The van der Waals surface area contributed by atoms with E-state index in [2.05, 4.69) is 32.1 Å². The Hall–Kier alpha value is -2.25. The maximum absolute atomic E-state index is 13.3.